The SMILES string of the molecule is Nc1cc(-c2ccccc2Br)nn1C1CCCCC1O. The van der Waals surface area contributed by atoms with Gasteiger partial charge in [0.05, 0.1) is 17.8 Å². The molecule has 2 unspecified atom stereocenters. The van der Waals surface area contributed by atoms with Gasteiger partial charge < -0.3 is 10.8 Å². The van der Waals surface area contributed by atoms with E-state index in [1.165, 1.54) is 0 Å². The van der Waals surface area contributed by atoms with Gasteiger partial charge in [0.1, 0.15) is 5.82 Å². The van der Waals surface area contributed by atoms with Crippen LogP contribution in [0.25, 0.3) is 11.3 Å². The predicted octanol–water partition coefficient (Wildman–Crippen LogP) is 3.37. The van der Waals surface area contributed by atoms with Crippen LogP contribution in [0.2, 0.25) is 0 Å². The lowest BCUT2D eigenvalue weighted by atomic mass is 9.93. The average Bonchev–Trinajstić information content (AvgIpc) is 2.81. The van der Waals surface area contributed by atoms with Crippen LogP contribution in [0.4, 0.5) is 5.82 Å². The zero-order valence-corrected chi connectivity index (χ0v) is 12.8. The number of nitrogens with zero attached hydrogens (tertiary/aromatic N) is 2. The van der Waals surface area contributed by atoms with Crippen molar-refractivity contribution in [2.75, 3.05) is 5.73 Å². The number of halogens is 1. The molecule has 2 atom stereocenters. The minimum atomic E-state index is -0.349. The Morgan fingerprint density at radius 3 is 2.75 bits per heavy atom. The van der Waals surface area contributed by atoms with Crippen molar-refractivity contribution in [2.45, 2.75) is 37.8 Å². The number of hydrogen-bond donors (Lipinski definition) is 2. The fourth-order valence-electron chi connectivity index (χ4n) is 2.85. The molecule has 4 nitrogen and oxygen atoms in total. The smallest absolute Gasteiger partial charge is 0.122 e. The minimum absolute atomic E-state index is 0.0000113. The summed E-state index contributed by atoms with van der Waals surface area (Å²) in [6.07, 6.45) is 3.61. The number of aromatic nitrogens is 2. The Balaban J connectivity index is 1.97. The van der Waals surface area contributed by atoms with Gasteiger partial charge in [0.25, 0.3) is 0 Å². The molecular weight excluding hydrogens is 318 g/mol. The zero-order chi connectivity index (χ0) is 14.1. The highest BCUT2D eigenvalue weighted by molar-refractivity contribution is 9.10. The third kappa shape index (κ3) is 2.47. The van der Waals surface area contributed by atoms with Crippen LogP contribution in [0.15, 0.2) is 34.8 Å². The van der Waals surface area contributed by atoms with E-state index in [1.54, 1.807) is 4.68 Å². The fourth-order valence-corrected chi connectivity index (χ4v) is 3.34. The molecule has 0 bridgehead atoms. The number of rotatable bonds is 2. The molecule has 1 fully saturated rings. The largest absolute Gasteiger partial charge is 0.391 e. The summed E-state index contributed by atoms with van der Waals surface area (Å²) in [5.74, 6) is 0.613. The Morgan fingerprint density at radius 2 is 2.00 bits per heavy atom. The zero-order valence-electron chi connectivity index (χ0n) is 11.2. The summed E-state index contributed by atoms with van der Waals surface area (Å²) < 4.78 is 2.78. The van der Waals surface area contributed by atoms with Gasteiger partial charge in [0, 0.05) is 16.1 Å². The van der Waals surface area contributed by atoms with E-state index >= 15 is 0 Å². The minimum Gasteiger partial charge on any atom is -0.391 e. The van der Waals surface area contributed by atoms with Gasteiger partial charge in [-0.2, -0.15) is 5.10 Å². The molecule has 5 heteroatoms. The monoisotopic (exact) mass is 335 g/mol. The van der Waals surface area contributed by atoms with Gasteiger partial charge in [-0.05, 0) is 18.9 Å². The maximum Gasteiger partial charge on any atom is 0.122 e. The van der Waals surface area contributed by atoms with Crippen molar-refractivity contribution in [3.05, 3.63) is 34.8 Å². The number of benzene rings is 1. The highest BCUT2D eigenvalue weighted by Crippen LogP contribution is 2.33. The molecule has 1 heterocycles. The third-order valence-electron chi connectivity index (χ3n) is 3.92. The Morgan fingerprint density at radius 1 is 1.25 bits per heavy atom. The van der Waals surface area contributed by atoms with E-state index in [2.05, 4.69) is 21.0 Å². The maximum atomic E-state index is 10.2. The van der Waals surface area contributed by atoms with Crippen molar-refractivity contribution in [1.29, 1.82) is 0 Å². The molecular formula is C15H18BrN3O. The van der Waals surface area contributed by atoms with Gasteiger partial charge in [-0.1, -0.05) is 47.0 Å². The molecule has 0 spiro atoms. The van der Waals surface area contributed by atoms with Crippen LogP contribution in [0.3, 0.4) is 0 Å². The molecule has 1 aromatic carbocycles. The first-order valence-electron chi connectivity index (χ1n) is 6.95. The lowest BCUT2D eigenvalue weighted by molar-refractivity contribution is 0.0707. The van der Waals surface area contributed by atoms with E-state index < -0.39 is 0 Å². The Hall–Kier alpha value is -1.33. The van der Waals surface area contributed by atoms with Gasteiger partial charge in [0.2, 0.25) is 0 Å². The number of aliphatic hydroxyl groups excluding tert-OH is 1. The topological polar surface area (TPSA) is 64.1 Å². The van der Waals surface area contributed by atoms with E-state index in [0.717, 1.165) is 41.4 Å². The molecule has 1 aliphatic carbocycles. The van der Waals surface area contributed by atoms with Gasteiger partial charge in [-0.3, -0.25) is 0 Å². The van der Waals surface area contributed by atoms with E-state index in [9.17, 15) is 5.11 Å². The average molecular weight is 336 g/mol. The van der Waals surface area contributed by atoms with Crippen molar-refractivity contribution in [3.63, 3.8) is 0 Å². The summed E-state index contributed by atoms with van der Waals surface area (Å²) >= 11 is 3.54. The standard InChI is InChI=1S/C15H18BrN3O/c16-11-6-2-1-5-10(11)12-9-15(17)19(18-12)13-7-3-4-8-14(13)20/h1-2,5-6,9,13-14,20H,3-4,7-8,17H2. The molecule has 2 aromatic rings. The lowest BCUT2D eigenvalue weighted by Gasteiger charge is -2.28. The number of nitrogen functional groups attached to an aromatic ring is 1. The van der Waals surface area contributed by atoms with E-state index in [0.29, 0.717) is 5.82 Å². The molecule has 0 saturated heterocycles. The van der Waals surface area contributed by atoms with Crippen molar-refractivity contribution in [2.24, 2.45) is 0 Å². The van der Waals surface area contributed by atoms with Gasteiger partial charge in [-0.15, -0.1) is 0 Å². The molecule has 20 heavy (non-hydrogen) atoms. The van der Waals surface area contributed by atoms with Gasteiger partial charge >= 0.3 is 0 Å². The van der Waals surface area contributed by atoms with Crippen molar-refractivity contribution in [1.82, 2.24) is 9.78 Å². The number of hydrogen-bond acceptors (Lipinski definition) is 3. The first kappa shape index (κ1) is 13.6. The molecule has 1 aromatic heterocycles. The van der Waals surface area contributed by atoms with Crippen LogP contribution in [0, 0.1) is 0 Å². The highest BCUT2D eigenvalue weighted by Gasteiger charge is 2.27. The second-order valence-electron chi connectivity index (χ2n) is 5.30. The molecule has 106 valence electrons. The first-order valence-corrected chi connectivity index (χ1v) is 7.74. The van der Waals surface area contributed by atoms with E-state index in [1.807, 2.05) is 30.3 Å². The van der Waals surface area contributed by atoms with Crippen LogP contribution in [-0.4, -0.2) is 21.0 Å². The third-order valence-corrected chi connectivity index (χ3v) is 4.61. The molecule has 3 rings (SSSR count). The summed E-state index contributed by atoms with van der Waals surface area (Å²) in [6, 6.07) is 9.82. The van der Waals surface area contributed by atoms with Gasteiger partial charge in [0.15, 0.2) is 0 Å². The van der Waals surface area contributed by atoms with Gasteiger partial charge in [-0.25, -0.2) is 4.68 Å². The quantitative estimate of drug-likeness (QED) is 0.884. The van der Waals surface area contributed by atoms with Crippen LogP contribution >= 0.6 is 15.9 Å². The second-order valence-corrected chi connectivity index (χ2v) is 6.15. The number of nitrogens with two attached hydrogens (primary N) is 1. The van der Waals surface area contributed by atoms with E-state index in [4.69, 9.17) is 5.73 Å². The van der Waals surface area contributed by atoms with Crippen molar-refractivity contribution < 1.29 is 5.11 Å². The Labute approximate surface area is 126 Å². The molecule has 3 N–H and O–H groups in total. The summed E-state index contributed by atoms with van der Waals surface area (Å²) in [6.45, 7) is 0. The first-order chi connectivity index (χ1) is 9.66. The maximum absolute atomic E-state index is 10.2. The van der Waals surface area contributed by atoms with Crippen LogP contribution in [0.5, 0.6) is 0 Å². The Bertz CT molecular complexity index is 611. The number of anilines is 1. The molecule has 1 aliphatic rings. The second kappa shape index (κ2) is 5.58. The van der Waals surface area contributed by atoms with Crippen LogP contribution in [-0.2, 0) is 0 Å². The lowest BCUT2D eigenvalue weighted by Crippen LogP contribution is -2.29. The highest BCUT2D eigenvalue weighted by atomic mass is 79.9. The van der Waals surface area contributed by atoms with E-state index in [-0.39, 0.29) is 12.1 Å². The predicted molar refractivity (Wildman–Crippen MR) is 83.3 cm³/mol. The summed E-state index contributed by atoms with van der Waals surface area (Å²) in [5, 5.41) is 14.8. The van der Waals surface area contributed by atoms with Crippen LogP contribution in [0.1, 0.15) is 31.7 Å². The molecule has 0 radical (unpaired) electrons. The summed E-state index contributed by atoms with van der Waals surface area (Å²) in [4.78, 5) is 0. The van der Waals surface area contributed by atoms with Crippen molar-refractivity contribution >= 4 is 21.7 Å². The molecule has 0 amide bonds. The molecule has 0 aliphatic heterocycles. The summed E-state index contributed by atoms with van der Waals surface area (Å²) in [7, 11) is 0. The van der Waals surface area contributed by atoms with Crippen molar-refractivity contribution in [3.8, 4) is 11.3 Å². The summed E-state index contributed by atoms with van der Waals surface area (Å²) in [5.41, 5.74) is 7.95. The number of aliphatic hydroxyl groups is 1. The normalized spacial score (nSPS) is 22.9. The molecule has 1 saturated carbocycles. The fraction of sp³-hybridized carbons (Fsp3) is 0.400. The Kier molecular flexibility index (Phi) is 3.81. The van der Waals surface area contributed by atoms with Crippen LogP contribution < -0.4 is 5.73 Å².